The van der Waals surface area contributed by atoms with E-state index in [0.29, 0.717) is 6.04 Å². The van der Waals surface area contributed by atoms with Crippen LogP contribution in [0.3, 0.4) is 0 Å². The number of halogens is 1. The first-order valence-electron chi connectivity index (χ1n) is 6.84. The third-order valence-electron chi connectivity index (χ3n) is 3.87. The highest BCUT2D eigenvalue weighted by molar-refractivity contribution is 9.10. The van der Waals surface area contributed by atoms with Crippen molar-refractivity contribution in [2.24, 2.45) is 0 Å². The molecular formula is C15H20BrNO2. The summed E-state index contributed by atoms with van der Waals surface area (Å²) in [6, 6.07) is 8.90. The maximum Gasteiger partial charge on any atom is 0.304 e. The monoisotopic (exact) mass is 325 g/mol. The number of hydrogen-bond donors (Lipinski definition) is 1. The zero-order valence-electron chi connectivity index (χ0n) is 11.2. The van der Waals surface area contributed by atoms with Crippen LogP contribution < -0.4 is 0 Å². The van der Waals surface area contributed by atoms with E-state index < -0.39 is 5.97 Å². The molecule has 0 radical (unpaired) electrons. The van der Waals surface area contributed by atoms with Crippen LogP contribution in [0.4, 0.5) is 0 Å². The van der Waals surface area contributed by atoms with E-state index in [1.54, 1.807) is 0 Å². The minimum absolute atomic E-state index is 0.186. The summed E-state index contributed by atoms with van der Waals surface area (Å²) in [5.41, 5.74) is 1.28. The Morgan fingerprint density at radius 1 is 1.47 bits per heavy atom. The molecule has 1 N–H and O–H groups in total. The van der Waals surface area contributed by atoms with Gasteiger partial charge in [0.25, 0.3) is 0 Å². The van der Waals surface area contributed by atoms with Crippen LogP contribution in [0.1, 0.15) is 44.2 Å². The number of carbonyl (C=O) groups is 1. The van der Waals surface area contributed by atoms with Gasteiger partial charge in [-0.25, -0.2) is 0 Å². The van der Waals surface area contributed by atoms with E-state index in [1.807, 2.05) is 0 Å². The lowest BCUT2D eigenvalue weighted by atomic mass is 10.0. The number of aliphatic carboxylic acids is 1. The molecule has 0 bridgehead atoms. The van der Waals surface area contributed by atoms with Gasteiger partial charge in [-0.15, -0.1) is 0 Å². The summed E-state index contributed by atoms with van der Waals surface area (Å²) in [7, 11) is 0. The van der Waals surface area contributed by atoms with E-state index in [-0.39, 0.29) is 12.5 Å². The zero-order valence-corrected chi connectivity index (χ0v) is 12.8. The fraction of sp³-hybridized carbons (Fsp3) is 0.533. The van der Waals surface area contributed by atoms with Crippen molar-refractivity contribution in [1.29, 1.82) is 0 Å². The highest BCUT2D eigenvalue weighted by Crippen LogP contribution is 2.33. The third kappa shape index (κ3) is 3.57. The summed E-state index contributed by atoms with van der Waals surface area (Å²) in [6.45, 7) is 3.18. The highest BCUT2D eigenvalue weighted by atomic mass is 79.9. The Hall–Kier alpha value is -0.870. The van der Waals surface area contributed by atoms with Crippen molar-refractivity contribution >= 4 is 21.9 Å². The third-order valence-corrected chi connectivity index (χ3v) is 4.40. The lowest BCUT2D eigenvalue weighted by Gasteiger charge is -2.32. The van der Waals surface area contributed by atoms with Gasteiger partial charge in [-0.1, -0.05) is 35.0 Å². The van der Waals surface area contributed by atoms with E-state index in [9.17, 15) is 4.79 Å². The van der Waals surface area contributed by atoms with Crippen LogP contribution >= 0.6 is 15.9 Å². The molecule has 0 aromatic heterocycles. The van der Waals surface area contributed by atoms with Crippen molar-refractivity contribution in [1.82, 2.24) is 4.90 Å². The molecule has 0 amide bonds. The highest BCUT2D eigenvalue weighted by Gasteiger charge is 2.31. The van der Waals surface area contributed by atoms with Crippen molar-refractivity contribution in [2.45, 2.75) is 44.7 Å². The van der Waals surface area contributed by atoms with Crippen LogP contribution in [-0.4, -0.2) is 28.6 Å². The number of benzene rings is 1. The summed E-state index contributed by atoms with van der Waals surface area (Å²) in [5, 5.41) is 9.02. The fourth-order valence-corrected chi connectivity index (χ4v) is 3.30. The predicted octanol–water partition coefficient (Wildman–Crippen LogP) is 3.84. The molecular weight excluding hydrogens is 306 g/mol. The fourth-order valence-electron chi connectivity index (χ4n) is 3.04. The Labute approximate surface area is 122 Å². The molecule has 3 nitrogen and oxygen atoms in total. The average Bonchev–Trinajstić information content (AvgIpc) is 2.80. The second-order valence-corrected chi connectivity index (χ2v) is 6.02. The molecule has 0 spiro atoms. The Balaban J connectivity index is 2.16. The predicted molar refractivity (Wildman–Crippen MR) is 79.2 cm³/mol. The van der Waals surface area contributed by atoms with Gasteiger partial charge in [0.15, 0.2) is 0 Å². The summed E-state index contributed by atoms with van der Waals surface area (Å²) in [6.07, 6.45) is 3.37. The molecule has 1 aromatic carbocycles. The maximum atomic E-state index is 11.0. The molecule has 19 heavy (non-hydrogen) atoms. The van der Waals surface area contributed by atoms with E-state index in [2.05, 4.69) is 52.0 Å². The first-order valence-corrected chi connectivity index (χ1v) is 7.64. The molecule has 1 aromatic rings. The number of rotatable bonds is 5. The zero-order chi connectivity index (χ0) is 13.8. The number of nitrogens with zero attached hydrogens (tertiary/aromatic N) is 1. The second-order valence-electron chi connectivity index (χ2n) is 5.11. The number of carboxylic acid groups (broad SMARTS) is 1. The van der Waals surface area contributed by atoms with Crippen molar-refractivity contribution < 1.29 is 9.90 Å². The topological polar surface area (TPSA) is 40.5 Å². The number of likely N-dealkylation sites (tertiary alicyclic amines) is 1. The summed E-state index contributed by atoms with van der Waals surface area (Å²) >= 11 is 3.45. The Kier molecular flexibility index (Phi) is 4.99. The molecule has 1 aliphatic heterocycles. The van der Waals surface area contributed by atoms with Crippen molar-refractivity contribution in [2.75, 3.05) is 6.54 Å². The summed E-state index contributed by atoms with van der Waals surface area (Å²) in [4.78, 5) is 13.3. The molecule has 1 saturated heterocycles. The maximum absolute atomic E-state index is 11.0. The van der Waals surface area contributed by atoms with E-state index in [0.717, 1.165) is 30.3 Å². The molecule has 1 fully saturated rings. The van der Waals surface area contributed by atoms with Crippen LogP contribution in [0.15, 0.2) is 28.7 Å². The van der Waals surface area contributed by atoms with Crippen LogP contribution in [0.5, 0.6) is 0 Å². The normalized spacial score (nSPS) is 21.5. The Morgan fingerprint density at radius 3 is 2.74 bits per heavy atom. The summed E-state index contributed by atoms with van der Waals surface area (Å²) < 4.78 is 1.08. The van der Waals surface area contributed by atoms with Gasteiger partial charge >= 0.3 is 5.97 Å². The Morgan fingerprint density at radius 2 is 2.16 bits per heavy atom. The second kappa shape index (κ2) is 6.53. The largest absolute Gasteiger partial charge is 0.481 e. The van der Waals surface area contributed by atoms with Crippen molar-refractivity contribution in [3.05, 3.63) is 34.3 Å². The molecule has 1 aliphatic rings. The van der Waals surface area contributed by atoms with Gasteiger partial charge in [0.2, 0.25) is 0 Å². The SMILES string of the molecule is CCC(c1ccc(Br)cc1)N1CCCC1CC(=O)O. The van der Waals surface area contributed by atoms with Gasteiger partial charge in [-0.2, -0.15) is 0 Å². The molecule has 4 heteroatoms. The van der Waals surface area contributed by atoms with Gasteiger partial charge in [0, 0.05) is 16.6 Å². The molecule has 0 aliphatic carbocycles. The van der Waals surface area contributed by atoms with Crippen LogP contribution in [-0.2, 0) is 4.79 Å². The molecule has 0 saturated carbocycles. The molecule has 1 heterocycles. The standard InChI is InChI=1S/C15H20BrNO2/c1-2-14(11-5-7-12(16)8-6-11)17-9-3-4-13(17)10-15(18)19/h5-8,13-14H,2-4,9-10H2,1H3,(H,18,19). The number of carboxylic acids is 1. The van der Waals surface area contributed by atoms with Gasteiger partial charge in [0.1, 0.15) is 0 Å². The van der Waals surface area contributed by atoms with E-state index >= 15 is 0 Å². The number of hydrogen-bond acceptors (Lipinski definition) is 2. The quantitative estimate of drug-likeness (QED) is 0.894. The van der Waals surface area contributed by atoms with Gasteiger partial charge in [-0.3, -0.25) is 9.69 Å². The molecule has 104 valence electrons. The lowest BCUT2D eigenvalue weighted by molar-refractivity contribution is -0.138. The first kappa shape index (κ1) is 14.5. The van der Waals surface area contributed by atoms with Gasteiger partial charge in [0.05, 0.1) is 6.42 Å². The van der Waals surface area contributed by atoms with Crippen LogP contribution in [0.2, 0.25) is 0 Å². The van der Waals surface area contributed by atoms with Crippen molar-refractivity contribution in [3.63, 3.8) is 0 Å². The van der Waals surface area contributed by atoms with Crippen molar-refractivity contribution in [3.8, 4) is 0 Å². The first-order chi connectivity index (χ1) is 9.11. The van der Waals surface area contributed by atoms with Gasteiger partial charge in [-0.05, 0) is 43.5 Å². The smallest absolute Gasteiger partial charge is 0.304 e. The van der Waals surface area contributed by atoms with Gasteiger partial charge < -0.3 is 5.11 Å². The van der Waals surface area contributed by atoms with E-state index in [4.69, 9.17) is 5.11 Å². The molecule has 2 atom stereocenters. The molecule has 2 unspecified atom stereocenters. The summed E-state index contributed by atoms with van der Waals surface area (Å²) in [5.74, 6) is -0.692. The lowest BCUT2D eigenvalue weighted by Crippen LogP contribution is -2.34. The van der Waals surface area contributed by atoms with Crippen LogP contribution in [0, 0.1) is 0 Å². The molecule has 2 rings (SSSR count). The minimum atomic E-state index is -0.692. The van der Waals surface area contributed by atoms with E-state index in [1.165, 1.54) is 5.56 Å². The minimum Gasteiger partial charge on any atom is -0.481 e. The average molecular weight is 326 g/mol. The Bertz CT molecular complexity index is 432. The van der Waals surface area contributed by atoms with Crippen LogP contribution in [0.25, 0.3) is 0 Å².